The number of hydrogen-bond acceptors (Lipinski definition) is 7. The number of sulfone groups is 1. The molecule has 2 aromatic rings. The van der Waals surface area contributed by atoms with Crippen molar-refractivity contribution in [3.05, 3.63) is 39.6 Å². The van der Waals surface area contributed by atoms with Crippen molar-refractivity contribution in [2.45, 2.75) is 32.4 Å². The van der Waals surface area contributed by atoms with Gasteiger partial charge in [-0.15, -0.1) is 0 Å². The van der Waals surface area contributed by atoms with Crippen LogP contribution in [0.15, 0.2) is 18.2 Å². The van der Waals surface area contributed by atoms with Crippen LogP contribution in [-0.2, 0) is 16.4 Å². The first-order chi connectivity index (χ1) is 14.2. The Labute approximate surface area is 186 Å². The SMILES string of the molecule is Cc1nc(N2CCC3(CC2)CS(=O)(=O)CC3N)c(CO)nc1-c1cccc(Cl)c1Cl. The van der Waals surface area contributed by atoms with Gasteiger partial charge in [-0.2, -0.15) is 0 Å². The summed E-state index contributed by atoms with van der Waals surface area (Å²) in [5.41, 5.74) is 8.20. The van der Waals surface area contributed by atoms with Crippen LogP contribution in [0.1, 0.15) is 24.2 Å². The summed E-state index contributed by atoms with van der Waals surface area (Å²) >= 11 is 12.5. The highest BCUT2D eigenvalue weighted by Gasteiger charge is 2.50. The van der Waals surface area contributed by atoms with E-state index in [9.17, 15) is 13.5 Å². The second-order valence-corrected chi connectivity index (χ2v) is 11.1. The molecule has 2 fully saturated rings. The van der Waals surface area contributed by atoms with Crippen LogP contribution >= 0.6 is 23.2 Å². The van der Waals surface area contributed by atoms with Crippen molar-refractivity contribution < 1.29 is 13.5 Å². The van der Waals surface area contributed by atoms with Crippen molar-refractivity contribution in [1.29, 1.82) is 0 Å². The Morgan fingerprint density at radius 3 is 2.57 bits per heavy atom. The van der Waals surface area contributed by atoms with E-state index in [1.54, 1.807) is 12.1 Å². The highest BCUT2D eigenvalue weighted by atomic mass is 35.5. The standard InChI is InChI=1S/C20H24Cl2N4O3S/c1-12-18(13-3-2-4-14(21)17(13)22)25-15(9-27)19(24-12)26-7-5-20(6-8-26)11-30(28,29)10-16(20)23/h2-4,16,27H,5-11,23H2,1H3. The molecule has 3 heterocycles. The Kier molecular flexibility index (Phi) is 5.74. The van der Waals surface area contributed by atoms with Gasteiger partial charge in [0.1, 0.15) is 5.69 Å². The molecule has 30 heavy (non-hydrogen) atoms. The third kappa shape index (κ3) is 3.80. The first-order valence-corrected chi connectivity index (χ1v) is 12.4. The molecular weight excluding hydrogens is 447 g/mol. The molecule has 0 amide bonds. The van der Waals surface area contributed by atoms with E-state index >= 15 is 0 Å². The average Bonchev–Trinajstić information content (AvgIpc) is 2.92. The van der Waals surface area contributed by atoms with Gasteiger partial charge in [0.15, 0.2) is 15.7 Å². The third-order valence-electron chi connectivity index (χ3n) is 6.26. The number of anilines is 1. The van der Waals surface area contributed by atoms with Crippen LogP contribution in [0.2, 0.25) is 10.0 Å². The van der Waals surface area contributed by atoms with Gasteiger partial charge in [0, 0.05) is 30.1 Å². The van der Waals surface area contributed by atoms with E-state index in [2.05, 4.69) is 9.88 Å². The molecule has 7 nitrogen and oxygen atoms in total. The third-order valence-corrected chi connectivity index (χ3v) is 8.96. The summed E-state index contributed by atoms with van der Waals surface area (Å²) in [6, 6.07) is 4.98. The van der Waals surface area contributed by atoms with E-state index in [4.69, 9.17) is 33.9 Å². The molecule has 2 aliphatic rings. The molecule has 4 rings (SSSR count). The van der Waals surface area contributed by atoms with E-state index < -0.39 is 9.84 Å². The minimum absolute atomic E-state index is 0.0584. The lowest BCUT2D eigenvalue weighted by atomic mass is 9.75. The van der Waals surface area contributed by atoms with Crippen LogP contribution in [0, 0.1) is 12.3 Å². The molecule has 1 aromatic heterocycles. The van der Waals surface area contributed by atoms with Gasteiger partial charge in [-0.05, 0) is 25.8 Å². The Bertz CT molecular complexity index is 1090. The Balaban J connectivity index is 1.63. The first-order valence-electron chi connectivity index (χ1n) is 9.79. The summed E-state index contributed by atoms with van der Waals surface area (Å²) in [5.74, 6) is 0.822. The maximum atomic E-state index is 12.1. The maximum Gasteiger partial charge on any atom is 0.153 e. The maximum absolute atomic E-state index is 12.1. The molecule has 0 radical (unpaired) electrons. The van der Waals surface area contributed by atoms with Crippen molar-refractivity contribution in [3.8, 4) is 11.3 Å². The lowest BCUT2D eigenvalue weighted by Crippen LogP contribution is -2.49. The second-order valence-electron chi connectivity index (χ2n) is 8.20. The van der Waals surface area contributed by atoms with Gasteiger partial charge < -0.3 is 15.7 Å². The lowest BCUT2D eigenvalue weighted by molar-refractivity contribution is 0.223. The zero-order chi connectivity index (χ0) is 21.7. The van der Waals surface area contributed by atoms with Gasteiger partial charge in [-0.25, -0.2) is 18.4 Å². The molecule has 0 bridgehead atoms. The average molecular weight is 471 g/mol. The van der Waals surface area contributed by atoms with Crippen molar-refractivity contribution in [2.75, 3.05) is 29.5 Å². The van der Waals surface area contributed by atoms with Crippen LogP contribution < -0.4 is 10.6 Å². The van der Waals surface area contributed by atoms with Crippen LogP contribution in [0.25, 0.3) is 11.3 Å². The number of rotatable bonds is 3. The fraction of sp³-hybridized carbons (Fsp3) is 0.500. The molecule has 0 saturated carbocycles. The Morgan fingerprint density at radius 2 is 1.97 bits per heavy atom. The predicted molar refractivity (Wildman–Crippen MR) is 119 cm³/mol. The smallest absolute Gasteiger partial charge is 0.153 e. The zero-order valence-corrected chi connectivity index (χ0v) is 18.9. The van der Waals surface area contributed by atoms with Crippen LogP contribution in [0.4, 0.5) is 5.82 Å². The van der Waals surface area contributed by atoms with Gasteiger partial charge in [0.25, 0.3) is 0 Å². The number of aliphatic hydroxyl groups is 1. The van der Waals surface area contributed by atoms with Crippen LogP contribution in [0.5, 0.6) is 0 Å². The van der Waals surface area contributed by atoms with Crippen molar-refractivity contribution in [3.63, 3.8) is 0 Å². The fourth-order valence-corrected chi connectivity index (χ4v) is 7.36. The van der Waals surface area contributed by atoms with E-state index in [0.29, 0.717) is 64.4 Å². The minimum atomic E-state index is -3.08. The van der Waals surface area contributed by atoms with E-state index in [0.717, 1.165) is 0 Å². The highest BCUT2D eigenvalue weighted by Crippen LogP contribution is 2.42. The molecule has 2 saturated heterocycles. The number of piperidine rings is 1. The number of aromatic nitrogens is 2. The van der Waals surface area contributed by atoms with E-state index in [1.165, 1.54) is 0 Å². The molecule has 1 aromatic carbocycles. The van der Waals surface area contributed by atoms with Gasteiger partial charge >= 0.3 is 0 Å². The molecular formula is C20H24Cl2N4O3S. The second kappa shape index (κ2) is 7.91. The number of nitrogens with two attached hydrogens (primary N) is 1. The van der Waals surface area contributed by atoms with Gasteiger partial charge in [-0.1, -0.05) is 35.3 Å². The predicted octanol–water partition coefficient (Wildman–Crippen LogP) is 2.59. The monoisotopic (exact) mass is 470 g/mol. The van der Waals surface area contributed by atoms with E-state index in [-0.39, 0.29) is 29.6 Å². The normalized spacial score (nSPS) is 22.6. The van der Waals surface area contributed by atoms with Crippen LogP contribution in [0.3, 0.4) is 0 Å². The largest absolute Gasteiger partial charge is 0.390 e. The Hall–Kier alpha value is -1.45. The molecule has 2 aliphatic heterocycles. The van der Waals surface area contributed by atoms with Crippen molar-refractivity contribution in [1.82, 2.24) is 9.97 Å². The first kappa shape index (κ1) is 21.8. The lowest BCUT2D eigenvalue weighted by Gasteiger charge is -2.41. The zero-order valence-electron chi connectivity index (χ0n) is 16.6. The fourth-order valence-electron chi connectivity index (χ4n) is 4.58. The summed E-state index contributed by atoms with van der Waals surface area (Å²) in [7, 11) is -3.08. The molecule has 1 atom stereocenters. The molecule has 1 unspecified atom stereocenters. The van der Waals surface area contributed by atoms with E-state index in [1.807, 2.05) is 13.0 Å². The summed E-state index contributed by atoms with van der Waals surface area (Å²) in [6.45, 7) is 2.79. The quantitative estimate of drug-likeness (QED) is 0.708. The number of aryl methyl sites for hydroxylation is 1. The number of benzene rings is 1. The molecule has 10 heteroatoms. The number of nitrogens with zero attached hydrogens (tertiary/aromatic N) is 3. The minimum Gasteiger partial charge on any atom is -0.390 e. The molecule has 162 valence electrons. The summed E-state index contributed by atoms with van der Waals surface area (Å²) in [4.78, 5) is 11.4. The molecule has 0 aliphatic carbocycles. The van der Waals surface area contributed by atoms with Crippen LogP contribution in [-0.4, -0.2) is 54.1 Å². The summed E-state index contributed by atoms with van der Waals surface area (Å²) in [5, 5.41) is 10.8. The number of halogens is 2. The van der Waals surface area contributed by atoms with Gasteiger partial charge in [0.05, 0.1) is 39.5 Å². The van der Waals surface area contributed by atoms with Gasteiger partial charge in [0.2, 0.25) is 0 Å². The molecule has 3 N–H and O–H groups in total. The summed E-state index contributed by atoms with van der Waals surface area (Å²) < 4.78 is 24.1. The number of hydrogen-bond donors (Lipinski definition) is 2. The van der Waals surface area contributed by atoms with Crippen molar-refractivity contribution in [2.24, 2.45) is 11.1 Å². The Morgan fingerprint density at radius 1 is 1.27 bits per heavy atom. The highest BCUT2D eigenvalue weighted by molar-refractivity contribution is 7.91. The number of aliphatic hydroxyl groups excluding tert-OH is 1. The van der Waals surface area contributed by atoms with Crippen molar-refractivity contribution >= 4 is 38.9 Å². The van der Waals surface area contributed by atoms with Gasteiger partial charge in [-0.3, -0.25) is 0 Å². The summed E-state index contributed by atoms with van der Waals surface area (Å²) in [6.07, 6.45) is 1.34. The molecule has 1 spiro atoms. The topological polar surface area (TPSA) is 109 Å².